The van der Waals surface area contributed by atoms with Gasteiger partial charge in [-0.1, -0.05) is 18.6 Å². The zero-order valence-electron chi connectivity index (χ0n) is 20.0. The van der Waals surface area contributed by atoms with Crippen LogP contribution in [0.3, 0.4) is 0 Å². The van der Waals surface area contributed by atoms with Gasteiger partial charge in [-0.15, -0.1) is 24.0 Å². The smallest absolute Gasteiger partial charge is 0.251 e. The molecule has 2 rings (SSSR count). The van der Waals surface area contributed by atoms with Crippen molar-refractivity contribution in [2.24, 2.45) is 4.99 Å². The largest absolute Gasteiger partial charge is 0.357 e. The summed E-state index contributed by atoms with van der Waals surface area (Å²) in [6.07, 6.45) is 4.85. The summed E-state index contributed by atoms with van der Waals surface area (Å²) in [5.41, 5.74) is 1.35. The number of carbonyl (C=O) groups excluding carboxylic acids is 2. The Bertz CT molecular complexity index is 761. The molecule has 0 atom stereocenters. The molecule has 8 heteroatoms. The van der Waals surface area contributed by atoms with E-state index in [2.05, 4.69) is 20.9 Å². The van der Waals surface area contributed by atoms with Gasteiger partial charge in [0.2, 0.25) is 5.91 Å². The number of rotatable bonds is 8. The average Bonchev–Trinajstić information content (AvgIpc) is 2.92. The lowest BCUT2D eigenvalue weighted by Crippen LogP contribution is -2.40. The molecule has 0 aliphatic carbocycles. The summed E-state index contributed by atoms with van der Waals surface area (Å²) in [5.74, 6) is 0.953. The van der Waals surface area contributed by atoms with E-state index in [4.69, 9.17) is 0 Å². The predicted octanol–water partition coefficient (Wildman–Crippen LogP) is 3.68. The highest BCUT2D eigenvalue weighted by molar-refractivity contribution is 14.0. The summed E-state index contributed by atoms with van der Waals surface area (Å²) in [6.45, 7) is 11.6. The van der Waals surface area contributed by atoms with E-state index in [0.717, 1.165) is 63.4 Å². The second-order valence-electron chi connectivity index (χ2n) is 9.07. The highest BCUT2D eigenvalue weighted by atomic mass is 127. The van der Waals surface area contributed by atoms with Gasteiger partial charge in [0.05, 0.1) is 6.54 Å². The topological polar surface area (TPSA) is 85.8 Å². The number of aliphatic imine (C=N–C) groups is 1. The molecule has 180 valence electrons. The molecule has 1 aliphatic heterocycles. The monoisotopic (exact) mass is 557 g/mol. The van der Waals surface area contributed by atoms with Gasteiger partial charge in [0.15, 0.2) is 5.96 Å². The summed E-state index contributed by atoms with van der Waals surface area (Å²) >= 11 is 0. The van der Waals surface area contributed by atoms with Crippen LogP contribution in [0.25, 0.3) is 0 Å². The van der Waals surface area contributed by atoms with E-state index in [-0.39, 0.29) is 41.3 Å². The maximum atomic E-state index is 12.4. The molecule has 1 fully saturated rings. The molecule has 3 N–H and O–H groups in total. The molecule has 0 aromatic heterocycles. The van der Waals surface area contributed by atoms with Crippen LogP contribution in [-0.4, -0.2) is 54.4 Å². The van der Waals surface area contributed by atoms with Crippen molar-refractivity contribution in [3.8, 4) is 0 Å². The van der Waals surface area contributed by atoms with Gasteiger partial charge >= 0.3 is 0 Å². The summed E-state index contributed by atoms with van der Waals surface area (Å²) < 4.78 is 0. The molecule has 0 saturated carbocycles. The fourth-order valence-electron chi connectivity index (χ4n) is 3.49. The lowest BCUT2D eigenvalue weighted by atomic mass is 10.1. The molecule has 7 nitrogen and oxygen atoms in total. The van der Waals surface area contributed by atoms with Crippen LogP contribution in [0.1, 0.15) is 75.7 Å². The zero-order chi connectivity index (χ0) is 22.7. The Morgan fingerprint density at radius 2 is 1.94 bits per heavy atom. The number of benzene rings is 1. The highest BCUT2D eigenvalue weighted by Gasteiger charge is 2.16. The first kappa shape index (κ1) is 28.2. The molecule has 1 heterocycles. The van der Waals surface area contributed by atoms with Crippen LogP contribution < -0.4 is 16.0 Å². The summed E-state index contributed by atoms with van der Waals surface area (Å²) in [6, 6.07) is 7.58. The molecule has 0 radical (unpaired) electrons. The van der Waals surface area contributed by atoms with E-state index in [9.17, 15) is 9.59 Å². The van der Waals surface area contributed by atoms with Crippen molar-refractivity contribution >= 4 is 41.8 Å². The third-order valence-corrected chi connectivity index (χ3v) is 5.01. The second kappa shape index (κ2) is 14.3. The first-order valence-corrected chi connectivity index (χ1v) is 11.5. The zero-order valence-corrected chi connectivity index (χ0v) is 22.3. The molecule has 2 amide bonds. The number of nitrogens with zero attached hydrogens (tertiary/aromatic N) is 2. The minimum absolute atomic E-state index is 0. The number of likely N-dealkylation sites (tertiary alicyclic amines) is 1. The lowest BCUT2D eigenvalue weighted by molar-refractivity contribution is -0.130. The Kier molecular flexibility index (Phi) is 12.6. The summed E-state index contributed by atoms with van der Waals surface area (Å²) in [7, 11) is 0. The van der Waals surface area contributed by atoms with E-state index >= 15 is 0 Å². The van der Waals surface area contributed by atoms with Gasteiger partial charge < -0.3 is 20.9 Å². The standard InChI is InChI=1S/C24H39N5O2.HI/c1-5-25-23(26-14-10-16-29-15-8-6-7-13-21(29)30)27-18-19-11-9-12-20(17-19)22(31)28-24(2,3)4;/h9,11-12,17H,5-8,10,13-16,18H2,1-4H3,(H,28,31)(H2,25,26,27);1H. The van der Waals surface area contributed by atoms with E-state index < -0.39 is 0 Å². The van der Waals surface area contributed by atoms with Gasteiger partial charge in [-0.25, -0.2) is 4.99 Å². The van der Waals surface area contributed by atoms with E-state index in [1.807, 2.05) is 56.9 Å². The van der Waals surface area contributed by atoms with Gasteiger partial charge in [0.25, 0.3) is 5.91 Å². The molecule has 0 spiro atoms. The fraction of sp³-hybridized carbons (Fsp3) is 0.625. The third-order valence-electron chi connectivity index (χ3n) is 5.01. The maximum Gasteiger partial charge on any atom is 0.251 e. The minimum atomic E-state index is -0.273. The molecule has 1 aliphatic rings. The molecular weight excluding hydrogens is 517 g/mol. The van der Waals surface area contributed by atoms with Crippen LogP contribution >= 0.6 is 24.0 Å². The van der Waals surface area contributed by atoms with Crippen LogP contribution in [0.4, 0.5) is 0 Å². The number of carbonyl (C=O) groups is 2. The van der Waals surface area contributed by atoms with E-state index in [1.54, 1.807) is 0 Å². The normalized spacial score (nSPS) is 14.9. The number of nitrogens with one attached hydrogen (secondary N) is 3. The quantitative estimate of drug-likeness (QED) is 0.197. The Morgan fingerprint density at radius 1 is 1.16 bits per heavy atom. The number of halogens is 1. The maximum absolute atomic E-state index is 12.4. The molecule has 32 heavy (non-hydrogen) atoms. The second-order valence-corrected chi connectivity index (χ2v) is 9.07. The van der Waals surface area contributed by atoms with E-state index in [1.165, 1.54) is 0 Å². The van der Waals surface area contributed by atoms with Crippen molar-refractivity contribution in [1.82, 2.24) is 20.9 Å². The van der Waals surface area contributed by atoms with Crippen LogP contribution in [0, 0.1) is 0 Å². The number of hydrogen-bond acceptors (Lipinski definition) is 3. The Hall–Kier alpha value is -1.84. The van der Waals surface area contributed by atoms with Gasteiger partial charge in [-0.3, -0.25) is 9.59 Å². The summed E-state index contributed by atoms with van der Waals surface area (Å²) in [5, 5.41) is 9.60. The van der Waals surface area contributed by atoms with Crippen LogP contribution in [-0.2, 0) is 11.3 Å². The predicted molar refractivity (Wildman–Crippen MR) is 142 cm³/mol. The molecule has 0 bridgehead atoms. The Balaban J connectivity index is 0.00000512. The first-order valence-electron chi connectivity index (χ1n) is 11.5. The van der Waals surface area contributed by atoms with Gasteiger partial charge in [-0.2, -0.15) is 0 Å². The van der Waals surface area contributed by atoms with Crippen molar-refractivity contribution in [3.05, 3.63) is 35.4 Å². The highest BCUT2D eigenvalue weighted by Crippen LogP contribution is 2.11. The molecule has 1 saturated heterocycles. The molecular formula is C24H40IN5O2. The van der Waals surface area contributed by atoms with Crippen molar-refractivity contribution in [3.63, 3.8) is 0 Å². The van der Waals surface area contributed by atoms with Crippen molar-refractivity contribution < 1.29 is 9.59 Å². The van der Waals surface area contributed by atoms with Crippen molar-refractivity contribution in [2.75, 3.05) is 26.2 Å². The average molecular weight is 558 g/mol. The van der Waals surface area contributed by atoms with E-state index in [0.29, 0.717) is 18.5 Å². The molecule has 0 unspecified atom stereocenters. The van der Waals surface area contributed by atoms with Crippen LogP contribution in [0.5, 0.6) is 0 Å². The first-order chi connectivity index (χ1) is 14.8. The lowest BCUT2D eigenvalue weighted by Gasteiger charge is -2.21. The van der Waals surface area contributed by atoms with Crippen molar-refractivity contribution in [2.45, 2.75) is 71.9 Å². The van der Waals surface area contributed by atoms with Gasteiger partial charge in [0.1, 0.15) is 0 Å². The number of amides is 2. The summed E-state index contributed by atoms with van der Waals surface area (Å²) in [4.78, 5) is 31.1. The van der Waals surface area contributed by atoms with Gasteiger partial charge in [-0.05, 0) is 64.7 Å². The van der Waals surface area contributed by atoms with Crippen LogP contribution in [0.15, 0.2) is 29.3 Å². The minimum Gasteiger partial charge on any atom is -0.357 e. The Morgan fingerprint density at radius 3 is 2.66 bits per heavy atom. The molecule has 1 aromatic carbocycles. The van der Waals surface area contributed by atoms with Crippen LogP contribution in [0.2, 0.25) is 0 Å². The third kappa shape index (κ3) is 10.7. The van der Waals surface area contributed by atoms with Crippen molar-refractivity contribution in [1.29, 1.82) is 0 Å². The SMILES string of the molecule is CCNC(=NCc1cccc(C(=O)NC(C)(C)C)c1)NCCCN1CCCCCC1=O.I. The number of hydrogen-bond donors (Lipinski definition) is 3. The molecule has 1 aromatic rings. The Labute approximate surface area is 210 Å². The fourth-order valence-corrected chi connectivity index (χ4v) is 3.49. The van der Waals surface area contributed by atoms with Gasteiger partial charge in [0, 0.05) is 43.7 Å². The number of guanidine groups is 1.